The van der Waals surface area contributed by atoms with Crippen LogP contribution >= 0.6 is 0 Å². The SMILES string of the molecule is C=S(C)(=O)N1CCCC(C(C)(C)C)C1. The van der Waals surface area contributed by atoms with Crippen molar-refractivity contribution in [3.63, 3.8) is 0 Å². The zero-order valence-corrected chi connectivity index (χ0v) is 10.7. The predicted molar refractivity (Wildman–Crippen MR) is 64.9 cm³/mol. The molecule has 1 aliphatic heterocycles. The Kier molecular flexibility index (Phi) is 3.32. The summed E-state index contributed by atoms with van der Waals surface area (Å²) in [4.78, 5) is 0. The van der Waals surface area contributed by atoms with Gasteiger partial charge in [-0.3, -0.25) is 4.21 Å². The van der Waals surface area contributed by atoms with Gasteiger partial charge >= 0.3 is 0 Å². The van der Waals surface area contributed by atoms with Crippen LogP contribution in [0.1, 0.15) is 33.6 Å². The standard InChI is InChI=1S/C11H23NOS/c1-11(2,3)10-7-6-8-12(9-10)14(4,5)13/h10H,4,6-9H2,1-3,5H3. The summed E-state index contributed by atoms with van der Waals surface area (Å²) in [6, 6.07) is 0. The van der Waals surface area contributed by atoms with Crippen molar-refractivity contribution in [2.24, 2.45) is 11.3 Å². The van der Waals surface area contributed by atoms with E-state index >= 15 is 0 Å². The van der Waals surface area contributed by atoms with E-state index in [4.69, 9.17) is 0 Å². The molecule has 2 unspecified atom stereocenters. The van der Waals surface area contributed by atoms with Crippen LogP contribution in [0, 0.1) is 11.3 Å². The maximum Gasteiger partial charge on any atom is 0.0245 e. The van der Waals surface area contributed by atoms with Gasteiger partial charge < -0.3 is 0 Å². The average molecular weight is 217 g/mol. The lowest BCUT2D eigenvalue weighted by Gasteiger charge is -2.40. The lowest BCUT2D eigenvalue weighted by molar-refractivity contribution is 0.151. The van der Waals surface area contributed by atoms with E-state index in [2.05, 4.69) is 30.9 Å². The zero-order chi connectivity index (χ0) is 11.0. The predicted octanol–water partition coefficient (Wildman–Crippen LogP) is 2.01. The second-order valence-electron chi connectivity index (χ2n) is 5.55. The van der Waals surface area contributed by atoms with Crippen molar-refractivity contribution in [1.82, 2.24) is 4.31 Å². The molecule has 0 saturated carbocycles. The molecule has 0 amide bonds. The second-order valence-corrected chi connectivity index (χ2v) is 7.99. The third kappa shape index (κ3) is 2.99. The van der Waals surface area contributed by atoms with Gasteiger partial charge in [-0.25, -0.2) is 4.31 Å². The van der Waals surface area contributed by atoms with Gasteiger partial charge in [-0.15, -0.1) is 0 Å². The van der Waals surface area contributed by atoms with E-state index in [1.54, 1.807) is 6.26 Å². The molecule has 0 aromatic rings. The van der Waals surface area contributed by atoms with Crippen LogP contribution in [-0.4, -0.2) is 33.7 Å². The molecule has 0 N–H and O–H groups in total. The van der Waals surface area contributed by atoms with E-state index in [0.717, 1.165) is 19.5 Å². The summed E-state index contributed by atoms with van der Waals surface area (Å²) in [5, 5.41) is 0. The van der Waals surface area contributed by atoms with E-state index in [1.165, 1.54) is 6.42 Å². The summed E-state index contributed by atoms with van der Waals surface area (Å²) >= 11 is 0. The van der Waals surface area contributed by atoms with Gasteiger partial charge in [0, 0.05) is 29.1 Å². The highest BCUT2D eigenvalue weighted by molar-refractivity contribution is 7.97. The molecule has 0 bridgehead atoms. The summed E-state index contributed by atoms with van der Waals surface area (Å²) in [7, 11) is -1.99. The van der Waals surface area contributed by atoms with Gasteiger partial charge in [-0.05, 0) is 30.0 Å². The molecule has 0 radical (unpaired) electrons. The van der Waals surface area contributed by atoms with Crippen molar-refractivity contribution in [1.29, 1.82) is 0 Å². The highest BCUT2D eigenvalue weighted by atomic mass is 32.2. The fourth-order valence-corrected chi connectivity index (χ4v) is 3.01. The van der Waals surface area contributed by atoms with Crippen LogP contribution in [0.4, 0.5) is 0 Å². The van der Waals surface area contributed by atoms with Crippen molar-refractivity contribution in [2.45, 2.75) is 33.6 Å². The van der Waals surface area contributed by atoms with Crippen LogP contribution in [-0.2, 0) is 9.71 Å². The number of hydrogen-bond donors (Lipinski definition) is 0. The Bertz CT molecular complexity index is 287. The molecule has 0 aliphatic carbocycles. The minimum atomic E-state index is -1.99. The molecule has 3 heteroatoms. The number of hydrogen-bond acceptors (Lipinski definition) is 1. The maximum absolute atomic E-state index is 11.8. The first-order chi connectivity index (χ1) is 6.21. The van der Waals surface area contributed by atoms with Gasteiger partial charge in [0.25, 0.3) is 0 Å². The number of rotatable bonds is 1. The second kappa shape index (κ2) is 3.86. The Morgan fingerprint density at radius 3 is 2.43 bits per heavy atom. The van der Waals surface area contributed by atoms with E-state index in [9.17, 15) is 4.21 Å². The molecule has 2 nitrogen and oxygen atoms in total. The van der Waals surface area contributed by atoms with Gasteiger partial charge in [-0.2, -0.15) is 0 Å². The summed E-state index contributed by atoms with van der Waals surface area (Å²) in [5.74, 6) is 4.42. The topological polar surface area (TPSA) is 20.3 Å². The molecule has 2 atom stereocenters. The van der Waals surface area contributed by atoms with E-state index in [-0.39, 0.29) is 0 Å². The summed E-state index contributed by atoms with van der Waals surface area (Å²) in [6.07, 6.45) is 4.16. The molecule has 1 heterocycles. The molecular formula is C11H23NOS. The van der Waals surface area contributed by atoms with Gasteiger partial charge in [0.15, 0.2) is 0 Å². The van der Waals surface area contributed by atoms with Crippen LogP contribution in [0.2, 0.25) is 0 Å². The molecule has 1 rings (SSSR count). The fourth-order valence-electron chi connectivity index (χ4n) is 2.00. The summed E-state index contributed by atoms with van der Waals surface area (Å²) < 4.78 is 13.9. The third-order valence-corrected chi connectivity index (χ3v) is 4.58. The van der Waals surface area contributed by atoms with Crippen molar-refractivity contribution in [3.8, 4) is 0 Å². The molecular weight excluding hydrogens is 194 g/mol. The quantitative estimate of drug-likeness (QED) is 0.615. The maximum atomic E-state index is 11.8. The molecule has 1 aliphatic rings. The van der Waals surface area contributed by atoms with Crippen molar-refractivity contribution < 1.29 is 4.21 Å². The van der Waals surface area contributed by atoms with Crippen LogP contribution in [0.5, 0.6) is 0 Å². The summed E-state index contributed by atoms with van der Waals surface area (Å²) in [6.45, 7) is 8.69. The van der Waals surface area contributed by atoms with Crippen molar-refractivity contribution in [3.05, 3.63) is 0 Å². The van der Waals surface area contributed by atoms with Gasteiger partial charge in [0.1, 0.15) is 0 Å². The molecule has 0 aromatic carbocycles. The lowest BCUT2D eigenvalue weighted by Crippen LogP contribution is -2.43. The highest BCUT2D eigenvalue weighted by Gasteiger charge is 2.31. The Balaban J connectivity index is 2.71. The van der Waals surface area contributed by atoms with Crippen LogP contribution < -0.4 is 0 Å². The van der Waals surface area contributed by atoms with E-state index < -0.39 is 9.71 Å². The first-order valence-corrected chi connectivity index (χ1v) is 7.38. The molecule has 84 valence electrons. The summed E-state index contributed by atoms with van der Waals surface area (Å²) in [5.41, 5.74) is 0.323. The number of piperidine rings is 1. The van der Waals surface area contributed by atoms with E-state index in [1.807, 2.05) is 0 Å². The Hall–Kier alpha value is -0.0200. The van der Waals surface area contributed by atoms with E-state index in [0.29, 0.717) is 11.3 Å². The zero-order valence-electron chi connectivity index (χ0n) is 9.88. The van der Waals surface area contributed by atoms with Crippen molar-refractivity contribution in [2.75, 3.05) is 19.3 Å². The minimum absolute atomic E-state index is 0.323. The van der Waals surface area contributed by atoms with Crippen LogP contribution in [0.3, 0.4) is 0 Å². The largest absolute Gasteiger partial charge is 0.253 e. The van der Waals surface area contributed by atoms with Crippen molar-refractivity contribution >= 4 is 15.6 Å². The smallest absolute Gasteiger partial charge is 0.0245 e. The van der Waals surface area contributed by atoms with Crippen LogP contribution in [0.15, 0.2) is 0 Å². The molecule has 0 spiro atoms. The Morgan fingerprint density at radius 1 is 1.43 bits per heavy atom. The fraction of sp³-hybridized carbons (Fsp3) is 0.909. The molecule has 1 saturated heterocycles. The minimum Gasteiger partial charge on any atom is -0.253 e. The Morgan fingerprint density at radius 2 is 2.00 bits per heavy atom. The van der Waals surface area contributed by atoms with Crippen LogP contribution in [0.25, 0.3) is 0 Å². The first-order valence-electron chi connectivity index (χ1n) is 5.28. The average Bonchev–Trinajstić information content (AvgIpc) is 2.01. The lowest BCUT2D eigenvalue weighted by atomic mass is 9.77. The Labute approximate surface area is 88.8 Å². The normalized spacial score (nSPS) is 29.9. The molecule has 14 heavy (non-hydrogen) atoms. The third-order valence-electron chi connectivity index (χ3n) is 3.16. The van der Waals surface area contributed by atoms with Gasteiger partial charge in [-0.1, -0.05) is 20.8 Å². The molecule has 0 aromatic heterocycles. The highest BCUT2D eigenvalue weighted by Crippen LogP contribution is 2.33. The molecule has 1 fully saturated rings. The van der Waals surface area contributed by atoms with Gasteiger partial charge in [0.2, 0.25) is 0 Å². The van der Waals surface area contributed by atoms with Gasteiger partial charge in [0.05, 0.1) is 0 Å². The number of nitrogens with zero attached hydrogens (tertiary/aromatic N) is 1. The first kappa shape index (κ1) is 12.1. The monoisotopic (exact) mass is 217 g/mol.